The van der Waals surface area contributed by atoms with Gasteiger partial charge in [-0.1, -0.05) is 11.6 Å². The number of ether oxygens (including phenoxy) is 2. The average molecular weight is 343 g/mol. The van der Waals surface area contributed by atoms with E-state index in [0.29, 0.717) is 0 Å². The standard InChI is InChI=1S/C15H13ClF2N2O3/c1-6-4-7(17)10(12(18)14(6)22-2)9-5-8(19)11(16)13(20-9)15(21)23-3/h4-5H,1-3H3,(H2,19,20). The van der Waals surface area contributed by atoms with E-state index in [4.69, 9.17) is 22.1 Å². The third kappa shape index (κ3) is 2.92. The van der Waals surface area contributed by atoms with Crippen molar-refractivity contribution in [2.45, 2.75) is 6.92 Å². The molecule has 0 atom stereocenters. The number of anilines is 1. The lowest BCUT2D eigenvalue weighted by Crippen LogP contribution is -2.09. The third-order valence-electron chi connectivity index (χ3n) is 3.18. The monoisotopic (exact) mass is 342 g/mol. The highest BCUT2D eigenvalue weighted by molar-refractivity contribution is 6.35. The van der Waals surface area contributed by atoms with Crippen LogP contribution in [0.3, 0.4) is 0 Å². The highest BCUT2D eigenvalue weighted by Crippen LogP contribution is 2.36. The number of aryl methyl sites for hydroxylation is 1. The summed E-state index contributed by atoms with van der Waals surface area (Å²) in [4.78, 5) is 15.6. The first kappa shape index (κ1) is 17.0. The van der Waals surface area contributed by atoms with Crippen molar-refractivity contribution >= 4 is 23.3 Å². The van der Waals surface area contributed by atoms with Gasteiger partial charge in [-0.2, -0.15) is 0 Å². The van der Waals surface area contributed by atoms with E-state index < -0.39 is 23.2 Å². The molecule has 0 bridgehead atoms. The molecule has 8 heteroatoms. The minimum atomic E-state index is -0.949. The van der Waals surface area contributed by atoms with E-state index in [-0.39, 0.29) is 33.4 Å². The minimum Gasteiger partial charge on any atom is -0.493 e. The largest absolute Gasteiger partial charge is 0.493 e. The van der Waals surface area contributed by atoms with Crippen molar-refractivity contribution in [1.82, 2.24) is 4.98 Å². The van der Waals surface area contributed by atoms with Crippen LogP contribution in [0.1, 0.15) is 16.1 Å². The number of nitrogens with zero attached hydrogens (tertiary/aromatic N) is 1. The van der Waals surface area contributed by atoms with Crippen molar-refractivity contribution < 1.29 is 23.0 Å². The highest BCUT2D eigenvalue weighted by atomic mass is 35.5. The maximum atomic E-state index is 14.5. The molecule has 122 valence electrons. The molecule has 5 nitrogen and oxygen atoms in total. The van der Waals surface area contributed by atoms with E-state index in [1.165, 1.54) is 20.1 Å². The summed E-state index contributed by atoms with van der Waals surface area (Å²) in [7, 11) is 2.38. The van der Waals surface area contributed by atoms with Crippen molar-refractivity contribution in [1.29, 1.82) is 0 Å². The van der Waals surface area contributed by atoms with Gasteiger partial charge in [-0.25, -0.2) is 18.6 Å². The topological polar surface area (TPSA) is 74.4 Å². The predicted octanol–water partition coefficient (Wildman–Crippen LogP) is 3.37. The Balaban J connectivity index is 2.78. The van der Waals surface area contributed by atoms with Gasteiger partial charge in [0.15, 0.2) is 17.3 Å². The number of carbonyl (C=O) groups is 1. The van der Waals surface area contributed by atoms with E-state index >= 15 is 0 Å². The lowest BCUT2D eigenvalue weighted by molar-refractivity contribution is 0.0594. The highest BCUT2D eigenvalue weighted by Gasteiger charge is 2.24. The molecule has 2 aromatic rings. The molecule has 0 fully saturated rings. The van der Waals surface area contributed by atoms with E-state index in [1.54, 1.807) is 0 Å². The number of benzene rings is 1. The molecule has 23 heavy (non-hydrogen) atoms. The molecular weight excluding hydrogens is 330 g/mol. The van der Waals surface area contributed by atoms with Crippen LogP contribution in [0, 0.1) is 18.6 Å². The van der Waals surface area contributed by atoms with Gasteiger partial charge in [0.05, 0.1) is 36.2 Å². The predicted molar refractivity (Wildman–Crippen MR) is 81.6 cm³/mol. The van der Waals surface area contributed by atoms with Crippen LogP contribution >= 0.6 is 11.6 Å². The Morgan fingerprint density at radius 3 is 2.52 bits per heavy atom. The minimum absolute atomic E-state index is 0.0598. The first-order valence-electron chi connectivity index (χ1n) is 6.39. The van der Waals surface area contributed by atoms with Crippen LogP contribution in [0.25, 0.3) is 11.3 Å². The number of rotatable bonds is 3. The Hall–Kier alpha value is -2.41. The van der Waals surface area contributed by atoms with Crippen molar-refractivity contribution in [3.63, 3.8) is 0 Å². The van der Waals surface area contributed by atoms with Gasteiger partial charge in [-0.15, -0.1) is 0 Å². The number of nitrogen functional groups attached to an aromatic ring is 1. The number of halogens is 3. The van der Waals surface area contributed by atoms with Crippen LogP contribution in [-0.2, 0) is 4.74 Å². The Kier molecular flexibility index (Phi) is 4.70. The van der Waals surface area contributed by atoms with Gasteiger partial charge >= 0.3 is 5.97 Å². The molecule has 2 N–H and O–H groups in total. The smallest absolute Gasteiger partial charge is 0.358 e. The van der Waals surface area contributed by atoms with Crippen molar-refractivity contribution in [3.8, 4) is 17.0 Å². The fourth-order valence-electron chi connectivity index (χ4n) is 2.11. The normalized spacial score (nSPS) is 10.5. The summed E-state index contributed by atoms with van der Waals surface area (Å²) in [5, 5.41) is -0.152. The molecule has 1 aromatic carbocycles. The number of aromatic nitrogens is 1. The van der Waals surface area contributed by atoms with Gasteiger partial charge in [-0.3, -0.25) is 0 Å². The number of methoxy groups -OCH3 is 2. The van der Waals surface area contributed by atoms with Gasteiger partial charge in [0.1, 0.15) is 5.82 Å². The number of carbonyl (C=O) groups excluding carboxylic acids is 1. The molecule has 0 radical (unpaired) electrons. The lowest BCUT2D eigenvalue weighted by Gasteiger charge is -2.13. The van der Waals surface area contributed by atoms with Gasteiger partial charge in [0.2, 0.25) is 0 Å². The molecule has 0 aliphatic rings. The van der Waals surface area contributed by atoms with Crippen molar-refractivity contribution in [2.24, 2.45) is 0 Å². The number of hydrogen-bond acceptors (Lipinski definition) is 5. The second-order valence-electron chi connectivity index (χ2n) is 4.65. The van der Waals surface area contributed by atoms with Crippen LogP contribution in [-0.4, -0.2) is 25.2 Å². The SMILES string of the molecule is COC(=O)c1nc(-c2c(F)cc(C)c(OC)c2F)cc(N)c1Cl. The van der Waals surface area contributed by atoms with Crippen LogP contribution < -0.4 is 10.5 Å². The molecule has 0 aliphatic carbocycles. The summed E-state index contributed by atoms with van der Waals surface area (Å²) < 4.78 is 38.2. The van der Waals surface area contributed by atoms with Crippen molar-refractivity contribution in [2.75, 3.05) is 20.0 Å². The zero-order chi connectivity index (χ0) is 17.3. The number of nitrogens with two attached hydrogens (primary N) is 1. The van der Waals surface area contributed by atoms with Crippen LogP contribution in [0.2, 0.25) is 5.02 Å². The Bertz CT molecular complexity index is 797. The second kappa shape index (κ2) is 6.37. The fraction of sp³-hybridized carbons (Fsp3) is 0.200. The molecule has 0 saturated heterocycles. The number of esters is 1. The second-order valence-corrected chi connectivity index (χ2v) is 5.03. The quantitative estimate of drug-likeness (QED) is 0.866. The molecule has 0 aliphatic heterocycles. The Morgan fingerprint density at radius 2 is 1.96 bits per heavy atom. The number of pyridine rings is 1. The molecule has 0 amide bonds. The molecule has 0 unspecified atom stereocenters. The lowest BCUT2D eigenvalue weighted by atomic mass is 10.0. The van der Waals surface area contributed by atoms with E-state index in [2.05, 4.69) is 9.72 Å². The van der Waals surface area contributed by atoms with Crippen LogP contribution in [0.4, 0.5) is 14.5 Å². The molecule has 0 spiro atoms. The Morgan fingerprint density at radius 1 is 1.30 bits per heavy atom. The summed E-state index contributed by atoms with van der Waals surface area (Å²) in [6, 6.07) is 2.27. The van der Waals surface area contributed by atoms with Gasteiger partial charge in [0, 0.05) is 0 Å². The number of hydrogen-bond donors (Lipinski definition) is 1. The molecule has 0 saturated carbocycles. The first-order chi connectivity index (χ1) is 10.8. The zero-order valence-electron chi connectivity index (χ0n) is 12.5. The van der Waals surface area contributed by atoms with Crippen LogP contribution in [0.5, 0.6) is 5.75 Å². The van der Waals surface area contributed by atoms with E-state index in [9.17, 15) is 13.6 Å². The average Bonchev–Trinajstić information content (AvgIpc) is 2.49. The zero-order valence-corrected chi connectivity index (χ0v) is 13.3. The summed E-state index contributed by atoms with van der Waals surface area (Å²) in [5.74, 6) is -2.82. The summed E-state index contributed by atoms with van der Waals surface area (Å²) in [5.41, 5.74) is 4.92. The maximum absolute atomic E-state index is 14.5. The van der Waals surface area contributed by atoms with Gasteiger partial charge in [0.25, 0.3) is 0 Å². The first-order valence-corrected chi connectivity index (χ1v) is 6.76. The molecule has 1 heterocycles. The van der Waals surface area contributed by atoms with E-state index in [0.717, 1.165) is 13.2 Å². The summed E-state index contributed by atoms with van der Waals surface area (Å²) in [6.07, 6.45) is 0. The van der Waals surface area contributed by atoms with Gasteiger partial charge < -0.3 is 15.2 Å². The van der Waals surface area contributed by atoms with Crippen LogP contribution in [0.15, 0.2) is 12.1 Å². The maximum Gasteiger partial charge on any atom is 0.358 e. The Labute approximate surface area is 136 Å². The molecule has 2 rings (SSSR count). The summed E-state index contributed by atoms with van der Waals surface area (Å²) >= 11 is 5.89. The fourth-order valence-corrected chi connectivity index (χ4v) is 2.29. The third-order valence-corrected chi connectivity index (χ3v) is 3.58. The molecular formula is C15H13ClF2N2O3. The molecule has 1 aromatic heterocycles. The summed E-state index contributed by atoms with van der Waals surface area (Å²) in [6.45, 7) is 1.50. The van der Waals surface area contributed by atoms with Crippen molar-refractivity contribution in [3.05, 3.63) is 40.0 Å². The van der Waals surface area contributed by atoms with E-state index in [1.807, 2.05) is 0 Å². The van der Waals surface area contributed by atoms with Gasteiger partial charge in [-0.05, 0) is 24.6 Å².